The number of esters is 1. The normalized spacial score (nSPS) is 10.7. The van der Waals surface area contributed by atoms with E-state index >= 15 is 0 Å². The van der Waals surface area contributed by atoms with Crippen LogP contribution < -0.4 is 10.6 Å². The van der Waals surface area contributed by atoms with Crippen LogP contribution in [0.5, 0.6) is 0 Å². The molecule has 2 aromatic rings. The lowest BCUT2D eigenvalue weighted by atomic mass is 10.2. The smallest absolute Gasteiger partial charge is 0.338 e. The zero-order valence-corrected chi connectivity index (χ0v) is 14.3. The van der Waals surface area contributed by atoms with E-state index in [1.165, 1.54) is 24.3 Å². The van der Waals surface area contributed by atoms with Crippen LogP contribution in [0, 0.1) is 23.0 Å². The fourth-order valence-corrected chi connectivity index (χ4v) is 2.01. The average molecular weight is 371 g/mol. The maximum atomic E-state index is 13.6. The molecule has 2 N–H and O–H groups in total. The molecule has 2 rings (SSSR count). The van der Waals surface area contributed by atoms with Gasteiger partial charge in [-0.1, -0.05) is 0 Å². The van der Waals surface area contributed by atoms with Crippen molar-refractivity contribution in [3.8, 4) is 6.07 Å². The third-order valence-electron chi connectivity index (χ3n) is 3.32. The Kier molecular flexibility index (Phi) is 6.61. The monoisotopic (exact) mass is 371 g/mol. The largest absolute Gasteiger partial charge is 0.462 e. The number of hydrogen-bond donors (Lipinski definition) is 2. The summed E-state index contributed by atoms with van der Waals surface area (Å²) >= 11 is 0. The number of carbonyl (C=O) groups excluding carboxylic acids is 2. The van der Waals surface area contributed by atoms with Crippen molar-refractivity contribution < 1.29 is 23.1 Å². The van der Waals surface area contributed by atoms with Crippen molar-refractivity contribution in [2.24, 2.45) is 0 Å². The van der Waals surface area contributed by atoms with Gasteiger partial charge in [-0.15, -0.1) is 0 Å². The Hall–Kier alpha value is -3.73. The molecule has 27 heavy (non-hydrogen) atoms. The molecule has 138 valence electrons. The van der Waals surface area contributed by atoms with E-state index in [-0.39, 0.29) is 17.9 Å². The predicted molar refractivity (Wildman–Crippen MR) is 94.7 cm³/mol. The summed E-state index contributed by atoms with van der Waals surface area (Å²) in [6.45, 7) is 1.93. The standard InChI is InChI=1S/C19H15F2N3O3/c1-2-27-19(26)12-3-6-15(7-4-12)24-18(25)13(10-22)11-23-17-9-14(20)5-8-16(17)21/h3-9,11,23H,2H2,1H3,(H,24,25)/b13-11-. The highest BCUT2D eigenvalue weighted by molar-refractivity contribution is 6.06. The molecular weight excluding hydrogens is 356 g/mol. The Balaban J connectivity index is 2.07. The Morgan fingerprint density at radius 2 is 1.89 bits per heavy atom. The van der Waals surface area contributed by atoms with Gasteiger partial charge in [-0.2, -0.15) is 5.26 Å². The number of carbonyl (C=O) groups is 2. The number of halogens is 2. The van der Waals surface area contributed by atoms with Gasteiger partial charge < -0.3 is 15.4 Å². The predicted octanol–water partition coefficient (Wildman–Crippen LogP) is 3.60. The van der Waals surface area contributed by atoms with E-state index in [9.17, 15) is 18.4 Å². The molecular formula is C19H15F2N3O3. The summed E-state index contributed by atoms with van der Waals surface area (Å²) in [6, 6.07) is 10.3. The molecule has 0 bridgehead atoms. The van der Waals surface area contributed by atoms with Gasteiger partial charge in [0.05, 0.1) is 17.9 Å². The van der Waals surface area contributed by atoms with Crippen molar-refractivity contribution >= 4 is 23.3 Å². The highest BCUT2D eigenvalue weighted by Crippen LogP contribution is 2.16. The third kappa shape index (κ3) is 5.37. The van der Waals surface area contributed by atoms with Gasteiger partial charge in [-0.3, -0.25) is 4.79 Å². The second kappa shape index (κ2) is 9.10. The molecule has 0 aliphatic rings. The van der Waals surface area contributed by atoms with Gasteiger partial charge in [0.15, 0.2) is 0 Å². The molecule has 8 heteroatoms. The van der Waals surface area contributed by atoms with E-state index in [1.54, 1.807) is 13.0 Å². The number of amides is 1. The van der Waals surface area contributed by atoms with Crippen LogP contribution in [-0.4, -0.2) is 18.5 Å². The highest BCUT2D eigenvalue weighted by Gasteiger charge is 2.11. The Morgan fingerprint density at radius 1 is 1.19 bits per heavy atom. The number of ether oxygens (including phenoxy) is 1. The number of nitrogens with one attached hydrogen (secondary N) is 2. The summed E-state index contributed by atoms with van der Waals surface area (Å²) in [5, 5.41) is 14.0. The molecule has 0 aromatic heterocycles. The quantitative estimate of drug-likeness (QED) is 0.460. The van der Waals surface area contributed by atoms with Crippen molar-refractivity contribution in [3.05, 3.63) is 71.4 Å². The van der Waals surface area contributed by atoms with Crippen molar-refractivity contribution in [1.82, 2.24) is 0 Å². The third-order valence-corrected chi connectivity index (χ3v) is 3.32. The van der Waals surface area contributed by atoms with Crippen molar-refractivity contribution in [2.75, 3.05) is 17.2 Å². The van der Waals surface area contributed by atoms with Crippen molar-refractivity contribution in [3.63, 3.8) is 0 Å². The number of hydrogen-bond acceptors (Lipinski definition) is 5. The molecule has 0 saturated carbocycles. The minimum atomic E-state index is -0.759. The summed E-state index contributed by atoms with van der Waals surface area (Å²) in [4.78, 5) is 23.7. The lowest BCUT2D eigenvalue weighted by molar-refractivity contribution is -0.112. The summed E-state index contributed by atoms with van der Waals surface area (Å²) in [5.74, 6) is -2.66. The molecule has 6 nitrogen and oxygen atoms in total. The second-order valence-corrected chi connectivity index (χ2v) is 5.19. The zero-order chi connectivity index (χ0) is 19.8. The first kappa shape index (κ1) is 19.6. The number of anilines is 2. The minimum absolute atomic E-state index is 0.214. The molecule has 0 fully saturated rings. The van der Waals surface area contributed by atoms with E-state index in [0.29, 0.717) is 11.3 Å². The molecule has 0 aliphatic carbocycles. The SMILES string of the molecule is CCOC(=O)c1ccc(NC(=O)/C(C#N)=C\Nc2cc(F)ccc2F)cc1. The molecule has 2 aromatic carbocycles. The molecule has 1 amide bonds. The average Bonchev–Trinajstić information content (AvgIpc) is 2.65. The van der Waals surface area contributed by atoms with Crippen LogP contribution in [0.2, 0.25) is 0 Å². The van der Waals surface area contributed by atoms with Crippen molar-refractivity contribution in [1.29, 1.82) is 5.26 Å². The fourth-order valence-electron chi connectivity index (χ4n) is 2.01. The number of rotatable bonds is 6. The maximum Gasteiger partial charge on any atom is 0.338 e. The van der Waals surface area contributed by atoms with Gasteiger partial charge in [-0.25, -0.2) is 13.6 Å². The molecule has 0 unspecified atom stereocenters. The lowest BCUT2D eigenvalue weighted by Gasteiger charge is -2.07. The molecule has 0 atom stereocenters. The topological polar surface area (TPSA) is 91.2 Å². The van der Waals surface area contributed by atoms with Gasteiger partial charge in [-0.05, 0) is 43.3 Å². The van der Waals surface area contributed by atoms with E-state index < -0.39 is 23.5 Å². The van der Waals surface area contributed by atoms with E-state index in [1.807, 2.05) is 0 Å². The first-order valence-electron chi connectivity index (χ1n) is 7.85. The van der Waals surface area contributed by atoms with Gasteiger partial charge in [0.25, 0.3) is 5.91 Å². The molecule has 0 saturated heterocycles. The number of nitrogens with zero attached hydrogens (tertiary/aromatic N) is 1. The maximum absolute atomic E-state index is 13.6. The first-order valence-corrected chi connectivity index (χ1v) is 7.85. The van der Waals surface area contributed by atoms with Crippen LogP contribution in [0.25, 0.3) is 0 Å². The summed E-state index contributed by atoms with van der Waals surface area (Å²) in [5.41, 5.74) is 0.0859. The van der Waals surface area contributed by atoms with Gasteiger partial charge in [0.1, 0.15) is 23.3 Å². The van der Waals surface area contributed by atoms with E-state index in [2.05, 4.69) is 10.6 Å². The van der Waals surface area contributed by atoms with E-state index in [4.69, 9.17) is 10.00 Å². The van der Waals surface area contributed by atoms with Crippen LogP contribution in [0.4, 0.5) is 20.2 Å². The Bertz CT molecular complexity index is 919. The second-order valence-electron chi connectivity index (χ2n) is 5.19. The molecule has 0 spiro atoms. The van der Waals surface area contributed by atoms with Gasteiger partial charge in [0.2, 0.25) is 0 Å². The zero-order valence-electron chi connectivity index (χ0n) is 14.3. The number of benzene rings is 2. The summed E-state index contributed by atoms with van der Waals surface area (Å²) in [6.07, 6.45) is 0.972. The minimum Gasteiger partial charge on any atom is -0.462 e. The fraction of sp³-hybridized carbons (Fsp3) is 0.105. The van der Waals surface area contributed by atoms with Crippen molar-refractivity contribution in [2.45, 2.75) is 6.92 Å². The van der Waals surface area contributed by atoms with Crippen LogP contribution in [0.3, 0.4) is 0 Å². The summed E-state index contributed by atoms with van der Waals surface area (Å²) in [7, 11) is 0. The molecule has 0 heterocycles. The highest BCUT2D eigenvalue weighted by atomic mass is 19.1. The van der Waals surface area contributed by atoms with Crippen LogP contribution in [0.15, 0.2) is 54.2 Å². The van der Waals surface area contributed by atoms with Crippen LogP contribution >= 0.6 is 0 Å². The van der Waals surface area contributed by atoms with Gasteiger partial charge >= 0.3 is 5.97 Å². The van der Waals surface area contributed by atoms with Crippen LogP contribution in [-0.2, 0) is 9.53 Å². The van der Waals surface area contributed by atoms with Crippen LogP contribution in [0.1, 0.15) is 17.3 Å². The Labute approximate surface area is 154 Å². The lowest BCUT2D eigenvalue weighted by Crippen LogP contribution is -2.15. The Morgan fingerprint density at radius 3 is 2.52 bits per heavy atom. The van der Waals surface area contributed by atoms with E-state index in [0.717, 1.165) is 24.4 Å². The number of nitriles is 1. The summed E-state index contributed by atoms with van der Waals surface area (Å²) < 4.78 is 31.5. The first-order chi connectivity index (χ1) is 12.9. The molecule has 0 radical (unpaired) electrons. The van der Waals surface area contributed by atoms with Gasteiger partial charge in [0, 0.05) is 18.0 Å². The molecule has 0 aliphatic heterocycles.